The molecule has 1 aliphatic heterocycles. The molecule has 0 aromatic heterocycles. The van der Waals surface area contributed by atoms with Crippen molar-refractivity contribution in [1.29, 1.82) is 0 Å². The predicted molar refractivity (Wildman–Crippen MR) is 123 cm³/mol. The van der Waals surface area contributed by atoms with Crippen LogP contribution < -0.4 is 23.7 Å². The van der Waals surface area contributed by atoms with E-state index in [2.05, 4.69) is 0 Å². The lowest BCUT2D eigenvalue weighted by molar-refractivity contribution is -0.384. The maximum absolute atomic E-state index is 12.8. The van der Waals surface area contributed by atoms with Gasteiger partial charge in [-0.25, -0.2) is 0 Å². The van der Waals surface area contributed by atoms with E-state index in [9.17, 15) is 14.9 Å². The molecule has 1 aliphatic rings. The molecule has 0 amide bonds. The van der Waals surface area contributed by atoms with Crippen LogP contribution in [0.4, 0.5) is 5.69 Å². The summed E-state index contributed by atoms with van der Waals surface area (Å²) in [5, 5.41) is 10.8. The number of fused-ring (bicyclic) bond motifs is 1. The first-order valence-corrected chi connectivity index (χ1v) is 10.2. The molecule has 1 heterocycles. The van der Waals surface area contributed by atoms with Crippen LogP contribution in [0.2, 0.25) is 0 Å². The van der Waals surface area contributed by atoms with Crippen molar-refractivity contribution >= 4 is 17.5 Å². The number of Topliss-reactive ketones (excluding diaryl/α,β-unsaturated/α-hetero) is 1. The molecule has 0 saturated carbocycles. The van der Waals surface area contributed by atoms with Crippen LogP contribution in [0.1, 0.15) is 21.5 Å². The third kappa shape index (κ3) is 4.49. The van der Waals surface area contributed by atoms with Gasteiger partial charge in [0, 0.05) is 18.2 Å². The lowest BCUT2D eigenvalue weighted by Gasteiger charge is -2.13. The molecule has 3 aromatic rings. The Balaban J connectivity index is 1.52. The smallest absolute Gasteiger partial charge is 0.269 e. The second kappa shape index (κ2) is 9.53. The van der Waals surface area contributed by atoms with Gasteiger partial charge in [0.1, 0.15) is 18.1 Å². The molecule has 3 aromatic carbocycles. The molecular weight excluding hydrogens is 442 g/mol. The van der Waals surface area contributed by atoms with Crippen LogP contribution in [0.5, 0.6) is 28.7 Å². The number of hydrogen-bond acceptors (Lipinski definition) is 8. The van der Waals surface area contributed by atoms with Crippen molar-refractivity contribution in [3.63, 3.8) is 0 Å². The zero-order valence-electron chi connectivity index (χ0n) is 18.7. The topological polar surface area (TPSA) is 106 Å². The van der Waals surface area contributed by atoms with E-state index in [-0.39, 0.29) is 23.8 Å². The fraction of sp³-hybridized carbons (Fsp3) is 0.160. The summed E-state index contributed by atoms with van der Waals surface area (Å²) >= 11 is 0. The number of ketones is 1. The normalized spacial score (nSPS) is 13.3. The van der Waals surface area contributed by atoms with Crippen molar-refractivity contribution < 1.29 is 33.4 Å². The van der Waals surface area contributed by atoms with Crippen molar-refractivity contribution in [3.05, 3.63) is 87.2 Å². The molecule has 0 bridgehead atoms. The average molecular weight is 463 g/mol. The molecule has 0 radical (unpaired) electrons. The molecule has 4 rings (SSSR count). The van der Waals surface area contributed by atoms with Crippen molar-refractivity contribution in [2.24, 2.45) is 0 Å². The number of nitro groups is 1. The maximum Gasteiger partial charge on any atom is 0.269 e. The van der Waals surface area contributed by atoms with Crippen molar-refractivity contribution in [1.82, 2.24) is 0 Å². The number of ether oxygens (including phenoxy) is 5. The first-order chi connectivity index (χ1) is 16.4. The third-order valence-electron chi connectivity index (χ3n) is 5.18. The minimum absolute atomic E-state index is 0.0135. The van der Waals surface area contributed by atoms with Crippen molar-refractivity contribution in [3.8, 4) is 28.7 Å². The molecule has 0 aliphatic carbocycles. The monoisotopic (exact) mass is 463 g/mol. The lowest BCUT2D eigenvalue weighted by atomic mass is 10.1. The van der Waals surface area contributed by atoms with Gasteiger partial charge in [-0.2, -0.15) is 0 Å². The van der Waals surface area contributed by atoms with E-state index in [4.69, 9.17) is 23.7 Å². The van der Waals surface area contributed by atoms with E-state index in [0.717, 1.165) is 5.56 Å². The van der Waals surface area contributed by atoms with Gasteiger partial charge in [0.25, 0.3) is 5.69 Å². The number of carbonyl (C=O) groups excluding carboxylic acids is 1. The number of carbonyl (C=O) groups is 1. The van der Waals surface area contributed by atoms with E-state index in [0.29, 0.717) is 39.9 Å². The minimum atomic E-state index is -0.456. The molecule has 0 atom stereocenters. The first kappa shape index (κ1) is 22.7. The Kier molecular flexibility index (Phi) is 6.35. The maximum atomic E-state index is 12.8. The van der Waals surface area contributed by atoms with Gasteiger partial charge in [0.2, 0.25) is 11.5 Å². The van der Waals surface area contributed by atoms with Gasteiger partial charge in [0.15, 0.2) is 17.3 Å². The highest BCUT2D eigenvalue weighted by Crippen LogP contribution is 2.40. The number of methoxy groups -OCH3 is 3. The average Bonchev–Trinajstić information content (AvgIpc) is 3.16. The van der Waals surface area contributed by atoms with E-state index in [1.54, 1.807) is 48.5 Å². The SMILES string of the molecule is COc1cc(/C=C2\Oc3cc(OCc4ccc([N+](=O)[O-])cc4)ccc3C2=O)cc(OC)c1OC. The summed E-state index contributed by atoms with van der Waals surface area (Å²) in [6, 6.07) is 14.5. The van der Waals surface area contributed by atoms with Crippen molar-refractivity contribution in [2.75, 3.05) is 21.3 Å². The van der Waals surface area contributed by atoms with E-state index < -0.39 is 4.92 Å². The summed E-state index contributed by atoms with van der Waals surface area (Å²) < 4.78 is 27.6. The highest BCUT2D eigenvalue weighted by molar-refractivity contribution is 6.14. The number of rotatable bonds is 8. The fourth-order valence-corrected chi connectivity index (χ4v) is 3.47. The van der Waals surface area contributed by atoms with Gasteiger partial charge in [-0.15, -0.1) is 0 Å². The minimum Gasteiger partial charge on any atom is -0.493 e. The summed E-state index contributed by atoms with van der Waals surface area (Å²) in [5.74, 6) is 2.13. The van der Waals surface area contributed by atoms with Gasteiger partial charge in [0.05, 0.1) is 31.8 Å². The number of hydrogen-bond donors (Lipinski definition) is 0. The quantitative estimate of drug-likeness (QED) is 0.266. The summed E-state index contributed by atoms with van der Waals surface area (Å²) in [4.78, 5) is 23.2. The fourth-order valence-electron chi connectivity index (χ4n) is 3.47. The van der Waals surface area contributed by atoms with Gasteiger partial charge in [-0.3, -0.25) is 14.9 Å². The molecule has 9 nitrogen and oxygen atoms in total. The van der Waals surface area contributed by atoms with Crippen LogP contribution in [0.25, 0.3) is 6.08 Å². The molecule has 0 spiro atoms. The summed E-state index contributed by atoms with van der Waals surface area (Å²) in [7, 11) is 4.54. The van der Waals surface area contributed by atoms with E-state index >= 15 is 0 Å². The zero-order valence-corrected chi connectivity index (χ0v) is 18.7. The lowest BCUT2D eigenvalue weighted by Crippen LogP contribution is -1.99. The van der Waals surface area contributed by atoms with Crippen LogP contribution in [0.15, 0.2) is 60.4 Å². The first-order valence-electron chi connectivity index (χ1n) is 10.2. The predicted octanol–water partition coefficient (Wildman–Crippen LogP) is 4.82. The zero-order chi connectivity index (χ0) is 24.2. The summed E-state index contributed by atoms with van der Waals surface area (Å²) in [6.07, 6.45) is 1.60. The number of nitrogens with zero attached hydrogens (tertiary/aromatic N) is 1. The van der Waals surface area contributed by atoms with Crippen LogP contribution in [0, 0.1) is 10.1 Å². The van der Waals surface area contributed by atoms with Crippen LogP contribution in [-0.2, 0) is 6.61 Å². The Labute approximate surface area is 195 Å². The van der Waals surface area contributed by atoms with Gasteiger partial charge in [-0.05, 0) is 53.6 Å². The van der Waals surface area contributed by atoms with Crippen molar-refractivity contribution in [2.45, 2.75) is 6.61 Å². The second-order valence-corrected chi connectivity index (χ2v) is 7.27. The van der Waals surface area contributed by atoms with Gasteiger partial charge in [-0.1, -0.05) is 0 Å². The Morgan fingerprint density at radius 2 is 1.62 bits per heavy atom. The molecule has 0 unspecified atom stereocenters. The molecule has 0 fully saturated rings. The second-order valence-electron chi connectivity index (χ2n) is 7.27. The number of benzene rings is 3. The van der Waals surface area contributed by atoms with E-state index in [1.165, 1.54) is 33.5 Å². The van der Waals surface area contributed by atoms with Crippen LogP contribution >= 0.6 is 0 Å². The van der Waals surface area contributed by atoms with Crippen LogP contribution in [0.3, 0.4) is 0 Å². The molecule has 9 heteroatoms. The highest BCUT2D eigenvalue weighted by atomic mass is 16.6. The Bertz CT molecular complexity index is 1260. The molecule has 34 heavy (non-hydrogen) atoms. The number of nitro benzene ring substituents is 1. The number of non-ortho nitro benzene ring substituents is 1. The Morgan fingerprint density at radius 3 is 2.21 bits per heavy atom. The largest absolute Gasteiger partial charge is 0.493 e. The highest BCUT2D eigenvalue weighted by Gasteiger charge is 2.28. The summed E-state index contributed by atoms with van der Waals surface area (Å²) in [5.41, 5.74) is 1.84. The Morgan fingerprint density at radius 1 is 0.941 bits per heavy atom. The number of allylic oxidation sites excluding steroid dienone is 1. The molecule has 0 N–H and O–H groups in total. The van der Waals surface area contributed by atoms with E-state index in [1.807, 2.05) is 0 Å². The van der Waals surface area contributed by atoms with Crippen LogP contribution in [-0.4, -0.2) is 32.0 Å². The molecular formula is C25H21NO8. The molecule has 0 saturated heterocycles. The Hall–Kier alpha value is -4.53. The molecule has 174 valence electrons. The van der Waals surface area contributed by atoms with Gasteiger partial charge < -0.3 is 23.7 Å². The van der Waals surface area contributed by atoms with Gasteiger partial charge >= 0.3 is 0 Å². The third-order valence-corrected chi connectivity index (χ3v) is 5.18. The summed E-state index contributed by atoms with van der Waals surface area (Å²) in [6.45, 7) is 0.207. The standard InChI is InChI=1S/C25H21NO8/c1-30-22-11-16(12-23(31-2)25(22)32-3)10-21-24(27)19-9-8-18(13-20(19)34-21)33-14-15-4-6-17(7-5-15)26(28)29/h4-13H,14H2,1-3H3/b21-10-.